The highest BCUT2D eigenvalue weighted by Crippen LogP contribution is 2.11. The van der Waals surface area contributed by atoms with E-state index in [1.165, 1.54) is 6.07 Å². The van der Waals surface area contributed by atoms with E-state index in [1.54, 1.807) is 13.0 Å². The Morgan fingerprint density at radius 2 is 2.21 bits per heavy atom. The maximum atomic E-state index is 11.3. The van der Waals surface area contributed by atoms with Crippen molar-refractivity contribution in [2.45, 2.75) is 13.8 Å². The van der Waals surface area contributed by atoms with Gasteiger partial charge in [-0.1, -0.05) is 23.7 Å². The quantitative estimate of drug-likeness (QED) is 0.669. The van der Waals surface area contributed by atoms with Crippen LogP contribution in [-0.2, 0) is 0 Å². The van der Waals surface area contributed by atoms with Crippen molar-refractivity contribution in [1.82, 2.24) is 9.97 Å². The minimum absolute atomic E-state index is 0.217. The predicted octanol–water partition coefficient (Wildman–Crippen LogP) is 2.57. The summed E-state index contributed by atoms with van der Waals surface area (Å²) in [4.78, 5) is 17.9. The van der Waals surface area contributed by atoms with Gasteiger partial charge in [0.1, 0.15) is 0 Å². The lowest BCUT2D eigenvalue weighted by molar-refractivity contribution is 1.04. The molecular weight excluding hydrogens is 264 g/mol. The lowest BCUT2D eigenvalue weighted by atomic mass is 10.1. The highest BCUT2D eigenvalue weighted by Gasteiger charge is 2.00. The number of hydrogen-bond donors (Lipinski definition) is 2. The van der Waals surface area contributed by atoms with Gasteiger partial charge in [0.15, 0.2) is 0 Å². The minimum atomic E-state index is -0.217. The fourth-order valence-corrected chi connectivity index (χ4v) is 1.74. The molecule has 6 heteroatoms. The second kappa shape index (κ2) is 5.67. The molecule has 1 heterocycles. The maximum Gasteiger partial charge on any atom is 0.252 e. The second-order valence-electron chi connectivity index (χ2n) is 4.05. The summed E-state index contributed by atoms with van der Waals surface area (Å²) in [6.45, 7) is 3.58. The van der Waals surface area contributed by atoms with Gasteiger partial charge in [0.25, 0.3) is 5.56 Å². The molecule has 1 aromatic heterocycles. The third-order valence-electron chi connectivity index (χ3n) is 2.44. The number of nitrogens with zero attached hydrogens (tertiary/aromatic N) is 2. The molecule has 19 heavy (non-hydrogen) atoms. The number of aromatic amines is 1. The number of anilines is 1. The molecule has 5 nitrogen and oxygen atoms in total. The molecule has 2 rings (SSSR count). The van der Waals surface area contributed by atoms with Crippen molar-refractivity contribution in [2.75, 3.05) is 5.43 Å². The molecule has 0 radical (unpaired) electrons. The van der Waals surface area contributed by atoms with Crippen molar-refractivity contribution >= 4 is 23.3 Å². The van der Waals surface area contributed by atoms with Gasteiger partial charge >= 0.3 is 0 Å². The lowest BCUT2D eigenvalue weighted by Gasteiger charge is -2.03. The Balaban J connectivity index is 2.20. The number of hydrazone groups is 1. The van der Waals surface area contributed by atoms with Gasteiger partial charge in [-0.15, -0.1) is 0 Å². The third kappa shape index (κ3) is 3.66. The molecule has 0 aliphatic rings. The topological polar surface area (TPSA) is 70.1 Å². The largest absolute Gasteiger partial charge is 0.291 e. The van der Waals surface area contributed by atoms with E-state index in [0.717, 1.165) is 11.3 Å². The van der Waals surface area contributed by atoms with Crippen LogP contribution in [-0.4, -0.2) is 15.7 Å². The molecule has 0 aliphatic carbocycles. The zero-order valence-electron chi connectivity index (χ0n) is 10.6. The Morgan fingerprint density at radius 1 is 1.42 bits per heavy atom. The second-order valence-corrected chi connectivity index (χ2v) is 4.49. The normalized spacial score (nSPS) is 11.4. The van der Waals surface area contributed by atoms with Gasteiger partial charge < -0.3 is 0 Å². The Labute approximate surface area is 115 Å². The van der Waals surface area contributed by atoms with Crippen molar-refractivity contribution in [3.63, 3.8) is 0 Å². The fraction of sp³-hybridized carbons (Fsp3) is 0.154. The van der Waals surface area contributed by atoms with Gasteiger partial charge in [-0.05, 0) is 31.5 Å². The fourth-order valence-electron chi connectivity index (χ4n) is 1.55. The van der Waals surface area contributed by atoms with Crippen LogP contribution in [0.5, 0.6) is 0 Å². The summed E-state index contributed by atoms with van der Waals surface area (Å²) in [6, 6.07) is 8.78. The molecule has 0 aliphatic heterocycles. The number of aryl methyl sites for hydroxylation is 1. The highest BCUT2D eigenvalue weighted by atomic mass is 35.5. The molecule has 98 valence electrons. The van der Waals surface area contributed by atoms with Crippen LogP contribution in [0.1, 0.15) is 18.2 Å². The first-order chi connectivity index (χ1) is 9.04. The number of halogens is 1. The molecule has 0 saturated carbocycles. The summed E-state index contributed by atoms with van der Waals surface area (Å²) < 4.78 is 0. The van der Waals surface area contributed by atoms with Crippen LogP contribution in [0, 0.1) is 6.92 Å². The van der Waals surface area contributed by atoms with Crippen LogP contribution in [0.15, 0.2) is 40.2 Å². The average Bonchev–Trinajstić information content (AvgIpc) is 2.35. The molecule has 0 saturated heterocycles. The SMILES string of the molecule is C/C(=N/Nc1nc(C)cc(=O)[nH]1)c1cccc(Cl)c1. The zero-order chi connectivity index (χ0) is 13.8. The van der Waals surface area contributed by atoms with E-state index in [-0.39, 0.29) is 5.56 Å². The molecule has 0 spiro atoms. The predicted molar refractivity (Wildman–Crippen MR) is 76.9 cm³/mol. The molecule has 0 bridgehead atoms. The van der Waals surface area contributed by atoms with Crippen molar-refractivity contribution < 1.29 is 0 Å². The summed E-state index contributed by atoms with van der Waals surface area (Å²) in [7, 11) is 0. The van der Waals surface area contributed by atoms with Gasteiger partial charge in [-0.3, -0.25) is 9.78 Å². The van der Waals surface area contributed by atoms with E-state index in [2.05, 4.69) is 20.5 Å². The molecule has 0 atom stereocenters. The Hall–Kier alpha value is -2.14. The molecule has 1 aromatic carbocycles. The standard InChI is InChI=1S/C13H13ClN4O/c1-8-6-12(19)16-13(15-8)18-17-9(2)10-4-3-5-11(14)7-10/h3-7H,1-2H3,(H2,15,16,18,19)/b17-9-. The summed E-state index contributed by atoms with van der Waals surface area (Å²) in [5.41, 5.74) is 4.77. The van der Waals surface area contributed by atoms with E-state index in [4.69, 9.17) is 11.6 Å². The average molecular weight is 277 g/mol. The summed E-state index contributed by atoms with van der Waals surface area (Å²) in [6.07, 6.45) is 0. The molecule has 0 amide bonds. The smallest absolute Gasteiger partial charge is 0.252 e. The first kappa shape index (κ1) is 13.3. The van der Waals surface area contributed by atoms with Gasteiger partial charge in [0.05, 0.1) is 5.71 Å². The summed E-state index contributed by atoms with van der Waals surface area (Å²) in [5, 5.41) is 4.81. The third-order valence-corrected chi connectivity index (χ3v) is 2.68. The van der Waals surface area contributed by atoms with Crippen LogP contribution >= 0.6 is 11.6 Å². The van der Waals surface area contributed by atoms with Crippen LogP contribution < -0.4 is 11.0 Å². The van der Waals surface area contributed by atoms with Gasteiger partial charge in [-0.2, -0.15) is 5.10 Å². The number of H-pyrrole nitrogens is 1. The maximum absolute atomic E-state index is 11.3. The van der Waals surface area contributed by atoms with Gasteiger partial charge in [-0.25, -0.2) is 10.4 Å². The van der Waals surface area contributed by atoms with Crippen LogP contribution in [0.25, 0.3) is 0 Å². The minimum Gasteiger partial charge on any atom is -0.291 e. The molecule has 0 unspecified atom stereocenters. The zero-order valence-corrected chi connectivity index (χ0v) is 11.3. The van der Waals surface area contributed by atoms with E-state index in [0.29, 0.717) is 16.7 Å². The van der Waals surface area contributed by atoms with E-state index in [9.17, 15) is 4.79 Å². The Bertz CT molecular complexity index is 678. The van der Waals surface area contributed by atoms with Crippen LogP contribution in [0.4, 0.5) is 5.95 Å². The van der Waals surface area contributed by atoms with Crippen molar-refractivity contribution in [2.24, 2.45) is 5.10 Å². The van der Waals surface area contributed by atoms with Crippen molar-refractivity contribution in [3.05, 3.63) is 57.0 Å². The van der Waals surface area contributed by atoms with Crippen molar-refractivity contribution in [3.8, 4) is 0 Å². The Morgan fingerprint density at radius 3 is 2.89 bits per heavy atom. The van der Waals surface area contributed by atoms with E-state index >= 15 is 0 Å². The molecular formula is C13H13ClN4O. The molecule has 0 fully saturated rings. The monoisotopic (exact) mass is 276 g/mol. The first-order valence-electron chi connectivity index (χ1n) is 5.69. The van der Waals surface area contributed by atoms with Crippen LogP contribution in [0.2, 0.25) is 5.02 Å². The van der Waals surface area contributed by atoms with Gasteiger partial charge in [0, 0.05) is 16.8 Å². The number of rotatable bonds is 3. The number of aromatic nitrogens is 2. The van der Waals surface area contributed by atoms with E-state index in [1.807, 2.05) is 25.1 Å². The highest BCUT2D eigenvalue weighted by molar-refractivity contribution is 6.31. The number of nitrogens with one attached hydrogen (secondary N) is 2. The summed E-state index contributed by atoms with van der Waals surface area (Å²) in [5.74, 6) is 0.311. The van der Waals surface area contributed by atoms with Crippen LogP contribution in [0.3, 0.4) is 0 Å². The lowest BCUT2D eigenvalue weighted by Crippen LogP contribution is -2.11. The Kier molecular flexibility index (Phi) is 3.97. The van der Waals surface area contributed by atoms with Gasteiger partial charge in [0.2, 0.25) is 5.95 Å². The number of hydrogen-bond acceptors (Lipinski definition) is 4. The molecule has 2 N–H and O–H groups in total. The number of benzene rings is 1. The first-order valence-corrected chi connectivity index (χ1v) is 6.06. The van der Waals surface area contributed by atoms with E-state index < -0.39 is 0 Å². The molecule has 2 aromatic rings. The summed E-state index contributed by atoms with van der Waals surface area (Å²) >= 11 is 5.91. The van der Waals surface area contributed by atoms with Crippen molar-refractivity contribution in [1.29, 1.82) is 0 Å².